The fourth-order valence-corrected chi connectivity index (χ4v) is 2.29. The van der Waals surface area contributed by atoms with Gasteiger partial charge >= 0.3 is 0 Å². The molecule has 0 fully saturated rings. The van der Waals surface area contributed by atoms with Crippen LogP contribution < -0.4 is 5.73 Å². The van der Waals surface area contributed by atoms with Crippen molar-refractivity contribution in [3.8, 4) is 11.8 Å². The second-order valence-electron chi connectivity index (χ2n) is 6.07. The third kappa shape index (κ3) is 13.1. The van der Waals surface area contributed by atoms with Gasteiger partial charge in [0.1, 0.15) is 12.2 Å². The van der Waals surface area contributed by atoms with Crippen LogP contribution in [0.3, 0.4) is 0 Å². The van der Waals surface area contributed by atoms with Gasteiger partial charge in [-0.1, -0.05) is 76.6 Å². The summed E-state index contributed by atoms with van der Waals surface area (Å²) in [6.07, 6.45) is 11.4. The van der Waals surface area contributed by atoms with Gasteiger partial charge in [-0.3, -0.25) is 0 Å². The molecule has 0 spiro atoms. The lowest BCUT2D eigenvalue weighted by molar-refractivity contribution is 0.149. The second kappa shape index (κ2) is 15.3. The fraction of sp³-hybridized carbons (Fsp3) is 0.889. The van der Waals surface area contributed by atoms with Crippen molar-refractivity contribution in [1.82, 2.24) is 0 Å². The summed E-state index contributed by atoms with van der Waals surface area (Å²) >= 11 is 0. The van der Waals surface area contributed by atoms with E-state index >= 15 is 0 Å². The first-order chi connectivity index (χ1) is 10.6. The Morgan fingerprint density at radius 1 is 0.818 bits per heavy atom. The number of aliphatic hydroxyl groups excluding tert-OH is 3. The third-order valence-corrected chi connectivity index (χ3v) is 3.85. The minimum atomic E-state index is -1.08. The molecule has 0 bridgehead atoms. The van der Waals surface area contributed by atoms with Crippen molar-refractivity contribution in [1.29, 1.82) is 0 Å². The van der Waals surface area contributed by atoms with Gasteiger partial charge in [0.05, 0.1) is 12.6 Å². The Morgan fingerprint density at radius 3 is 1.82 bits per heavy atom. The number of nitrogens with two attached hydrogens (primary N) is 1. The largest absolute Gasteiger partial charge is 0.395 e. The van der Waals surface area contributed by atoms with Gasteiger partial charge in [-0.25, -0.2) is 0 Å². The molecule has 4 nitrogen and oxygen atoms in total. The van der Waals surface area contributed by atoms with Crippen LogP contribution in [0.4, 0.5) is 0 Å². The summed E-state index contributed by atoms with van der Waals surface area (Å²) in [4.78, 5) is 0. The highest BCUT2D eigenvalue weighted by molar-refractivity contribution is 5.11. The van der Waals surface area contributed by atoms with E-state index in [2.05, 4.69) is 18.8 Å². The molecule has 0 saturated heterocycles. The molecule has 0 aliphatic carbocycles. The molecule has 0 radical (unpaired) electrons. The normalized spacial score (nSPS) is 15.0. The molecule has 0 amide bonds. The summed E-state index contributed by atoms with van der Waals surface area (Å²) in [5.74, 6) is 5.08. The second-order valence-corrected chi connectivity index (χ2v) is 6.07. The highest BCUT2D eigenvalue weighted by atomic mass is 16.3. The van der Waals surface area contributed by atoms with Crippen molar-refractivity contribution >= 4 is 0 Å². The summed E-state index contributed by atoms with van der Waals surface area (Å²) in [6, 6.07) is -0.767. The van der Waals surface area contributed by atoms with E-state index in [1.54, 1.807) is 0 Å². The van der Waals surface area contributed by atoms with Crippen LogP contribution in [0.25, 0.3) is 0 Å². The average molecular weight is 313 g/mol. The molecular weight excluding hydrogens is 278 g/mol. The van der Waals surface area contributed by atoms with E-state index in [4.69, 9.17) is 10.8 Å². The lowest BCUT2D eigenvalue weighted by Gasteiger charge is -2.10. The Morgan fingerprint density at radius 2 is 1.32 bits per heavy atom. The van der Waals surface area contributed by atoms with Crippen molar-refractivity contribution in [2.24, 2.45) is 5.73 Å². The molecule has 0 aromatic rings. The van der Waals surface area contributed by atoms with Crippen molar-refractivity contribution in [2.45, 2.75) is 95.8 Å². The van der Waals surface area contributed by atoms with Gasteiger partial charge in [0.15, 0.2) is 0 Å². The van der Waals surface area contributed by atoms with Crippen LogP contribution in [0.1, 0.15) is 77.6 Å². The first kappa shape index (κ1) is 21.4. The highest BCUT2D eigenvalue weighted by Gasteiger charge is 2.10. The Labute approximate surface area is 136 Å². The molecule has 0 unspecified atom stereocenters. The standard InChI is InChI=1S/C18H35NO3/c1-2-3-4-5-6-7-8-9-10-11-12-16(21)13-14-18(22)17(19)15-20/h16-18,20-22H,2-12,15,19H2,1H3/t16-,17+,18-/m1/s1. The van der Waals surface area contributed by atoms with Gasteiger partial charge in [-0.05, 0) is 12.8 Å². The van der Waals surface area contributed by atoms with Crippen molar-refractivity contribution in [2.75, 3.05) is 6.61 Å². The van der Waals surface area contributed by atoms with E-state index < -0.39 is 18.2 Å². The highest BCUT2D eigenvalue weighted by Crippen LogP contribution is 2.11. The lowest BCUT2D eigenvalue weighted by Crippen LogP contribution is -2.36. The van der Waals surface area contributed by atoms with Crippen molar-refractivity contribution in [3.05, 3.63) is 0 Å². The number of hydrogen-bond acceptors (Lipinski definition) is 4. The number of hydrogen-bond donors (Lipinski definition) is 4. The first-order valence-corrected chi connectivity index (χ1v) is 8.85. The quantitative estimate of drug-likeness (QED) is 0.310. The summed E-state index contributed by atoms with van der Waals surface area (Å²) in [5, 5.41) is 27.9. The predicted octanol–water partition coefficient (Wildman–Crippen LogP) is 2.34. The molecule has 5 N–H and O–H groups in total. The summed E-state index contributed by atoms with van der Waals surface area (Å²) in [6.45, 7) is 1.92. The number of unbranched alkanes of at least 4 members (excludes halogenated alkanes) is 9. The van der Waals surface area contributed by atoms with E-state index in [1.165, 1.54) is 51.4 Å². The average Bonchev–Trinajstić information content (AvgIpc) is 2.53. The van der Waals surface area contributed by atoms with Crippen LogP contribution in [0, 0.1) is 11.8 Å². The van der Waals surface area contributed by atoms with Crippen LogP contribution in [0.5, 0.6) is 0 Å². The van der Waals surface area contributed by atoms with Crippen LogP contribution in [0.2, 0.25) is 0 Å². The molecule has 130 valence electrons. The Hall–Kier alpha value is -0.600. The Kier molecular flexibility index (Phi) is 14.9. The molecule has 0 aromatic heterocycles. The summed E-state index contributed by atoms with van der Waals surface area (Å²) < 4.78 is 0. The maximum Gasteiger partial charge on any atom is 0.132 e. The molecule has 4 heteroatoms. The maximum absolute atomic E-state index is 9.69. The molecule has 3 atom stereocenters. The van der Waals surface area contributed by atoms with Crippen LogP contribution >= 0.6 is 0 Å². The van der Waals surface area contributed by atoms with Crippen LogP contribution in [0.15, 0.2) is 0 Å². The van der Waals surface area contributed by atoms with Crippen molar-refractivity contribution < 1.29 is 15.3 Å². The number of aliphatic hydroxyl groups is 3. The third-order valence-electron chi connectivity index (χ3n) is 3.85. The van der Waals surface area contributed by atoms with E-state index in [9.17, 15) is 10.2 Å². The predicted molar refractivity (Wildman–Crippen MR) is 91.3 cm³/mol. The van der Waals surface area contributed by atoms with Gasteiger partial charge < -0.3 is 21.1 Å². The molecular formula is C18H35NO3. The SMILES string of the molecule is CCCCCCCCCCCC[C@@H](O)C#C[C@@H](O)[C@@H](N)CO. The van der Waals surface area contributed by atoms with Crippen LogP contribution in [-0.2, 0) is 0 Å². The molecule has 0 aliphatic rings. The smallest absolute Gasteiger partial charge is 0.132 e. The molecule has 0 rings (SSSR count). The maximum atomic E-state index is 9.69. The zero-order chi connectivity index (χ0) is 16.6. The fourth-order valence-electron chi connectivity index (χ4n) is 2.29. The van der Waals surface area contributed by atoms with E-state index in [1.807, 2.05) is 0 Å². The van der Waals surface area contributed by atoms with Gasteiger partial charge in [0, 0.05) is 0 Å². The Bertz CT molecular complexity index is 298. The van der Waals surface area contributed by atoms with Gasteiger partial charge in [-0.2, -0.15) is 0 Å². The van der Waals surface area contributed by atoms with E-state index in [0.29, 0.717) is 6.42 Å². The van der Waals surface area contributed by atoms with E-state index in [0.717, 1.165) is 12.8 Å². The number of rotatable bonds is 13. The first-order valence-electron chi connectivity index (χ1n) is 8.85. The van der Waals surface area contributed by atoms with Gasteiger partial charge in [-0.15, -0.1) is 0 Å². The molecule has 0 aromatic carbocycles. The van der Waals surface area contributed by atoms with Gasteiger partial charge in [0.25, 0.3) is 0 Å². The minimum absolute atomic E-state index is 0.315. The zero-order valence-electron chi connectivity index (χ0n) is 14.1. The summed E-state index contributed by atoms with van der Waals surface area (Å²) in [5.41, 5.74) is 5.42. The topological polar surface area (TPSA) is 86.7 Å². The zero-order valence-corrected chi connectivity index (χ0v) is 14.1. The monoisotopic (exact) mass is 313 g/mol. The van der Waals surface area contributed by atoms with Crippen molar-refractivity contribution in [3.63, 3.8) is 0 Å². The summed E-state index contributed by atoms with van der Waals surface area (Å²) in [7, 11) is 0. The molecule has 0 aliphatic heterocycles. The molecule has 0 saturated carbocycles. The van der Waals surface area contributed by atoms with E-state index in [-0.39, 0.29) is 6.61 Å². The van der Waals surface area contributed by atoms with Gasteiger partial charge in [0.2, 0.25) is 0 Å². The minimum Gasteiger partial charge on any atom is -0.395 e. The Balaban J connectivity index is 3.46. The molecule has 0 heterocycles. The lowest BCUT2D eigenvalue weighted by atomic mass is 10.0. The molecule has 22 heavy (non-hydrogen) atoms. The van der Waals surface area contributed by atoms with Crippen LogP contribution in [-0.4, -0.2) is 40.2 Å².